The molecule has 90 valence electrons. The Kier molecular flexibility index (Phi) is 4.13. The Bertz CT molecular complexity index is 423. The van der Waals surface area contributed by atoms with Crippen LogP contribution in [0.3, 0.4) is 0 Å². The average molecular weight is 229 g/mol. The van der Waals surface area contributed by atoms with Crippen molar-refractivity contribution >= 4 is 0 Å². The largest absolute Gasteiger partial charge is 0.304 e. The molecule has 0 N–H and O–H groups in total. The smallest absolute Gasteiger partial charge is 0.0606 e. The van der Waals surface area contributed by atoms with Gasteiger partial charge in [0.25, 0.3) is 0 Å². The van der Waals surface area contributed by atoms with E-state index in [1.54, 1.807) is 0 Å². The standard InChI is InChI=1S/C14H19N3/c1-13-10-14(12-15-11-13)4-3-5-17-8-6-16(2)7-9-17/h10-12H,5-9H2,1-2H3. The number of hydrogen-bond donors (Lipinski definition) is 0. The molecule has 0 radical (unpaired) electrons. The fraction of sp³-hybridized carbons (Fsp3) is 0.500. The highest BCUT2D eigenvalue weighted by Crippen LogP contribution is 2.00. The molecule has 1 aromatic heterocycles. The van der Waals surface area contributed by atoms with E-state index in [2.05, 4.69) is 39.7 Å². The Morgan fingerprint density at radius 3 is 2.71 bits per heavy atom. The molecule has 3 heteroatoms. The highest BCUT2D eigenvalue weighted by Gasteiger charge is 2.11. The van der Waals surface area contributed by atoms with Crippen LogP contribution in [0.25, 0.3) is 0 Å². The van der Waals surface area contributed by atoms with Crippen LogP contribution in [-0.4, -0.2) is 54.6 Å². The van der Waals surface area contributed by atoms with Crippen molar-refractivity contribution in [3.8, 4) is 11.8 Å². The van der Waals surface area contributed by atoms with Crippen LogP contribution in [0, 0.1) is 18.8 Å². The number of pyridine rings is 1. The molecule has 3 nitrogen and oxygen atoms in total. The van der Waals surface area contributed by atoms with Crippen LogP contribution in [0.1, 0.15) is 11.1 Å². The van der Waals surface area contributed by atoms with Crippen molar-refractivity contribution in [2.45, 2.75) is 6.92 Å². The molecule has 1 fully saturated rings. The van der Waals surface area contributed by atoms with Gasteiger partial charge >= 0.3 is 0 Å². The van der Waals surface area contributed by atoms with Gasteiger partial charge < -0.3 is 4.90 Å². The average Bonchev–Trinajstić information content (AvgIpc) is 2.32. The molecule has 0 aromatic carbocycles. The second-order valence-corrected chi connectivity index (χ2v) is 4.63. The summed E-state index contributed by atoms with van der Waals surface area (Å²) in [6.45, 7) is 7.44. The predicted octanol–water partition coefficient (Wildman–Crippen LogP) is 0.989. The summed E-state index contributed by atoms with van der Waals surface area (Å²) in [5.74, 6) is 6.41. The summed E-state index contributed by atoms with van der Waals surface area (Å²) >= 11 is 0. The molecule has 0 spiro atoms. The second kappa shape index (κ2) is 5.81. The molecular formula is C14H19N3. The topological polar surface area (TPSA) is 19.4 Å². The SMILES string of the molecule is Cc1cncc(C#CCN2CCN(C)CC2)c1. The normalized spacial score (nSPS) is 17.5. The van der Waals surface area contributed by atoms with Crippen LogP contribution < -0.4 is 0 Å². The Hall–Kier alpha value is -1.37. The summed E-state index contributed by atoms with van der Waals surface area (Å²) in [6.07, 6.45) is 3.68. The summed E-state index contributed by atoms with van der Waals surface area (Å²) in [7, 11) is 2.17. The van der Waals surface area contributed by atoms with E-state index >= 15 is 0 Å². The summed E-state index contributed by atoms with van der Waals surface area (Å²) < 4.78 is 0. The molecule has 0 amide bonds. The maximum absolute atomic E-state index is 4.14. The molecule has 0 saturated carbocycles. The van der Waals surface area contributed by atoms with Crippen LogP contribution in [0.2, 0.25) is 0 Å². The number of rotatable bonds is 1. The van der Waals surface area contributed by atoms with Crippen molar-refractivity contribution < 1.29 is 0 Å². The van der Waals surface area contributed by atoms with Crippen molar-refractivity contribution in [3.63, 3.8) is 0 Å². The highest BCUT2D eigenvalue weighted by atomic mass is 15.2. The first kappa shape index (κ1) is 12.1. The third kappa shape index (κ3) is 3.85. The molecule has 17 heavy (non-hydrogen) atoms. The van der Waals surface area contributed by atoms with E-state index in [9.17, 15) is 0 Å². The number of hydrogen-bond acceptors (Lipinski definition) is 3. The van der Waals surface area contributed by atoms with Crippen molar-refractivity contribution in [1.29, 1.82) is 0 Å². The van der Waals surface area contributed by atoms with E-state index in [0.29, 0.717) is 0 Å². The molecule has 1 aromatic rings. The molecule has 0 bridgehead atoms. The van der Waals surface area contributed by atoms with Gasteiger partial charge in [0.2, 0.25) is 0 Å². The molecule has 1 aliphatic heterocycles. The van der Waals surface area contributed by atoms with Gasteiger partial charge in [0.15, 0.2) is 0 Å². The third-order valence-corrected chi connectivity index (χ3v) is 3.01. The summed E-state index contributed by atoms with van der Waals surface area (Å²) in [5, 5.41) is 0. The molecule has 0 aliphatic carbocycles. The fourth-order valence-electron chi connectivity index (χ4n) is 1.88. The second-order valence-electron chi connectivity index (χ2n) is 4.63. The van der Waals surface area contributed by atoms with Crippen LogP contribution in [0.15, 0.2) is 18.5 Å². The van der Waals surface area contributed by atoms with E-state index in [1.807, 2.05) is 19.3 Å². The zero-order chi connectivity index (χ0) is 12.1. The molecular weight excluding hydrogens is 210 g/mol. The number of aryl methyl sites for hydroxylation is 1. The molecule has 2 rings (SSSR count). The number of aromatic nitrogens is 1. The molecule has 0 unspecified atom stereocenters. The number of nitrogens with zero attached hydrogens (tertiary/aromatic N) is 3. The first-order chi connectivity index (χ1) is 8.24. The van der Waals surface area contributed by atoms with Gasteiger partial charge in [-0.1, -0.05) is 11.8 Å². The molecule has 0 atom stereocenters. The molecule has 1 saturated heterocycles. The van der Waals surface area contributed by atoms with Crippen molar-refractivity contribution in [2.75, 3.05) is 39.8 Å². The van der Waals surface area contributed by atoms with E-state index in [4.69, 9.17) is 0 Å². The predicted molar refractivity (Wildman–Crippen MR) is 69.8 cm³/mol. The van der Waals surface area contributed by atoms with Gasteiger partial charge in [-0.25, -0.2) is 0 Å². The van der Waals surface area contributed by atoms with Crippen LogP contribution in [0.4, 0.5) is 0 Å². The summed E-state index contributed by atoms with van der Waals surface area (Å²) in [5.41, 5.74) is 2.18. The van der Waals surface area contributed by atoms with Crippen LogP contribution in [-0.2, 0) is 0 Å². The lowest BCUT2D eigenvalue weighted by Gasteiger charge is -2.30. The van der Waals surface area contributed by atoms with Gasteiger partial charge in [-0.05, 0) is 25.6 Å². The van der Waals surface area contributed by atoms with Crippen molar-refractivity contribution in [2.24, 2.45) is 0 Å². The summed E-state index contributed by atoms with van der Waals surface area (Å²) in [4.78, 5) is 8.89. The number of piperazine rings is 1. The van der Waals surface area contributed by atoms with Gasteiger partial charge in [0.05, 0.1) is 6.54 Å². The maximum Gasteiger partial charge on any atom is 0.0606 e. The van der Waals surface area contributed by atoms with Gasteiger partial charge in [-0.3, -0.25) is 9.88 Å². The van der Waals surface area contributed by atoms with E-state index < -0.39 is 0 Å². The van der Waals surface area contributed by atoms with Gasteiger partial charge in [-0.15, -0.1) is 0 Å². The Morgan fingerprint density at radius 1 is 1.24 bits per heavy atom. The van der Waals surface area contributed by atoms with Gasteiger partial charge in [0.1, 0.15) is 0 Å². The minimum Gasteiger partial charge on any atom is -0.304 e. The van der Waals surface area contributed by atoms with Gasteiger partial charge in [-0.2, -0.15) is 0 Å². The van der Waals surface area contributed by atoms with Gasteiger partial charge in [0, 0.05) is 44.1 Å². The lowest BCUT2D eigenvalue weighted by Crippen LogP contribution is -2.44. The maximum atomic E-state index is 4.14. The Balaban J connectivity index is 1.86. The lowest BCUT2D eigenvalue weighted by molar-refractivity contribution is 0.168. The zero-order valence-electron chi connectivity index (χ0n) is 10.6. The zero-order valence-corrected chi connectivity index (χ0v) is 10.6. The van der Waals surface area contributed by atoms with Crippen molar-refractivity contribution in [1.82, 2.24) is 14.8 Å². The molecule has 2 heterocycles. The van der Waals surface area contributed by atoms with Crippen LogP contribution in [0.5, 0.6) is 0 Å². The van der Waals surface area contributed by atoms with Crippen LogP contribution >= 0.6 is 0 Å². The lowest BCUT2D eigenvalue weighted by atomic mass is 10.2. The monoisotopic (exact) mass is 229 g/mol. The number of likely N-dealkylation sites (N-methyl/N-ethyl adjacent to an activating group) is 1. The first-order valence-electron chi connectivity index (χ1n) is 6.05. The van der Waals surface area contributed by atoms with E-state index in [0.717, 1.165) is 43.9 Å². The van der Waals surface area contributed by atoms with E-state index in [1.165, 1.54) is 0 Å². The Labute approximate surface area is 103 Å². The molecule has 1 aliphatic rings. The van der Waals surface area contributed by atoms with Crippen molar-refractivity contribution in [3.05, 3.63) is 29.6 Å². The highest BCUT2D eigenvalue weighted by molar-refractivity contribution is 5.34. The minimum atomic E-state index is 0.863. The van der Waals surface area contributed by atoms with E-state index in [-0.39, 0.29) is 0 Å². The third-order valence-electron chi connectivity index (χ3n) is 3.01. The first-order valence-corrected chi connectivity index (χ1v) is 6.05. The Morgan fingerprint density at radius 2 is 2.00 bits per heavy atom. The summed E-state index contributed by atoms with van der Waals surface area (Å²) in [6, 6.07) is 2.07. The minimum absolute atomic E-state index is 0.863. The quantitative estimate of drug-likeness (QED) is 0.669. The fourth-order valence-corrected chi connectivity index (χ4v) is 1.88.